The highest BCUT2D eigenvalue weighted by Crippen LogP contribution is 2.31. The van der Waals surface area contributed by atoms with Crippen LogP contribution in [0.3, 0.4) is 0 Å². The minimum absolute atomic E-state index is 0.215. The third-order valence-corrected chi connectivity index (χ3v) is 4.24. The maximum atomic E-state index is 12.3. The molecule has 0 atom stereocenters. The van der Waals surface area contributed by atoms with Crippen molar-refractivity contribution in [3.8, 4) is 0 Å². The first-order valence-corrected chi connectivity index (χ1v) is 8.06. The maximum Gasteiger partial charge on any atom is 0.420 e. The minimum Gasteiger partial charge on any atom is -0.443 e. The average Bonchev–Trinajstić information content (AvgIpc) is 2.81. The van der Waals surface area contributed by atoms with Crippen LogP contribution in [0.1, 0.15) is 51.0 Å². The van der Waals surface area contributed by atoms with Crippen LogP contribution in [-0.4, -0.2) is 37.9 Å². The van der Waals surface area contributed by atoms with E-state index in [-0.39, 0.29) is 12.5 Å². The van der Waals surface area contributed by atoms with E-state index < -0.39 is 11.7 Å². The lowest BCUT2D eigenvalue weighted by Crippen LogP contribution is -2.30. The summed E-state index contributed by atoms with van der Waals surface area (Å²) in [6.45, 7) is 5.28. The third kappa shape index (κ3) is 3.55. The van der Waals surface area contributed by atoms with Crippen LogP contribution in [0.5, 0.6) is 0 Å². The summed E-state index contributed by atoms with van der Waals surface area (Å²) in [5, 5.41) is 9.40. The quantitative estimate of drug-likeness (QED) is 0.909. The number of hydrogen-bond acceptors (Lipinski definition) is 5. The Morgan fingerprint density at radius 1 is 1.50 bits per heavy atom. The summed E-state index contributed by atoms with van der Waals surface area (Å²) in [6.07, 6.45) is 3.14. The van der Waals surface area contributed by atoms with E-state index in [1.807, 2.05) is 32.5 Å². The van der Waals surface area contributed by atoms with E-state index in [2.05, 4.69) is 4.98 Å². The molecular weight excluding hydrogens is 276 g/mol. The van der Waals surface area contributed by atoms with Gasteiger partial charge in [0.25, 0.3) is 0 Å². The molecular formula is C14H22N2O3S. The number of ether oxygens (including phenoxy) is 1. The monoisotopic (exact) mass is 298 g/mol. The zero-order valence-electron chi connectivity index (χ0n) is 12.3. The van der Waals surface area contributed by atoms with Gasteiger partial charge in [0.05, 0.1) is 18.5 Å². The van der Waals surface area contributed by atoms with Gasteiger partial charge in [-0.1, -0.05) is 0 Å². The van der Waals surface area contributed by atoms with Gasteiger partial charge < -0.3 is 9.84 Å². The number of hydrogen-bond donors (Lipinski definition) is 1. The molecule has 0 radical (unpaired) electrons. The largest absolute Gasteiger partial charge is 0.443 e. The maximum absolute atomic E-state index is 12.3. The second kappa shape index (κ2) is 6.18. The summed E-state index contributed by atoms with van der Waals surface area (Å²) < 4.78 is 6.87. The molecule has 6 heteroatoms. The first kappa shape index (κ1) is 15.4. The Balaban J connectivity index is 2.29. The van der Waals surface area contributed by atoms with Crippen LogP contribution in [0.25, 0.3) is 0 Å². The zero-order valence-corrected chi connectivity index (χ0v) is 13.1. The Bertz CT molecular complexity index is 473. The zero-order chi connectivity index (χ0) is 14.8. The van der Waals surface area contributed by atoms with Gasteiger partial charge in [0.15, 0.2) is 0 Å². The molecule has 0 saturated carbocycles. The third-order valence-electron chi connectivity index (χ3n) is 3.19. The van der Waals surface area contributed by atoms with Crippen molar-refractivity contribution in [2.45, 2.75) is 51.7 Å². The number of rotatable bonds is 2. The van der Waals surface area contributed by atoms with E-state index in [0.29, 0.717) is 5.69 Å². The first-order chi connectivity index (χ1) is 9.42. The summed E-state index contributed by atoms with van der Waals surface area (Å²) in [5.41, 5.74) is -0.0687. The van der Waals surface area contributed by atoms with Crippen molar-refractivity contribution in [2.24, 2.45) is 0 Å². The van der Waals surface area contributed by atoms with Crippen molar-refractivity contribution in [3.63, 3.8) is 0 Å². The van der Waals surface area contributed by atoms with Crippen molar-refractivity contribution in [2.75, 3.05) is 11.5 Å². The fourth-order valence-electron chi connectivity index (χ4n) is 2.28. The summed E-state index contributed by atoms with van der Waals surface area (Å²) >= 11 is 1.93. The molecule has 0 aliphatic carbocycles. The molecule has 1 aliphatic heterocycles. The van der Waals surface area contributed by atoms with Crippen LogP contribution in [0, 0.1) is 0 Å². The van der Waals surface area contributed by atoms with Gasteiger partial charge >= 0.3 is 6.09 Å². The van der Waals surface area contributed by atoms with Crippen LogP contribution < -0.4 is 0 Å². The summed E-state index contributed by atoms with van der Waals surface area (Å²) in [6, 6.07) is 0. The average molecular weight is 298 g/mol. The van der Waals surface area contributed by atoms with E-state index >= 15 is 0 Å². The van der Waals surface area contributed by atoms with Crippen molar-refractivity contribution >= 4 is 17.9 Å². The summed E-state index contributed by atoms with van der Waals surface area (Å²) in [7, 11) is 0. The molecule has 0 unspecified atom stereocenters. The minimum atomic E-state index is -0.562. The number of aromatic nitrogens is 2. The van der Waals surface area contributed by atoms with Crippen LogP contribution in [0.4, 0.5) is 4.79 Å². The number of carbonyl (C=O) groups is 1. The Morgan fingerprint density at radius 2 is 2.15 bits per heavy atom. The molecule has 2 heterocycles. The predicted octanol–water partition coefficient (Wildman–Crippen LogP) is 2.77. The molecule has 1 aromatic heterocycles. The Labute approximate surface area is 123 Å². The second-order valence-corrected chi connectivity index (χ2v) is 7.19. The Hall–Kier alpha value is -1.01. The molecule has 2 rings (SSSR count). The molecule has 1 saturated heterocycles. The first-order valence-electron chi connectivity index (χ1n) is 6.91. The fraction of sp³-hybridized carbons (Fsp3) is 0.714. The SMILES string of the molecule is CC(C)(C)OC(=O)n1c(CO)cnc1C1CCSCC1. The molecule has 1 N–H and O–H groups in total. The topological polar surface area (TPSA) is 64.3 Å². The molecule has 1 aromatic rings. The van der Waals surface area contributed by atoms with Crippen molar-refractivity contribution in [3.05, 3.63) is 17.7 Å². The van der Waals surface area contributed by atoms with Crippen LogP contribution >= 0.6 is 11.8 Å². The second-order valence-electron chi connectivity index (χ2n) is 5.97. The molecule has 0 amide bonds. The smallest absolute Gasteiger partial charge is 0.420 e. The molecule has 0 aromatic carbocycles. The van der Waals surface area contributed by atoms with Crippen molar-refractivity contribution in [1.82, 2.24) is 9.55 Å². The summed E-state index contributed by atoms with van der Waals surface area (Å²) in [5.74, 6) is 3.16. The van der Waals surface area contributed by atoms with Gasteiger partial charge in [0.1, 0.15) is 11.4 Å². The van der Waals surface area contributed by atoms with E-state index in [4.69, 9.17) is 4.74 Å². The number of aliphatic hydroxyl groups excluding tert-OH is 1. The summed E-state index contributed by atoms with van der Waals surface area (Å²) in [4.78, 5) is 16.7. The Kier molecular flexibility index (Phi) is 4.75. The number of imidazole rings is 1. The van der Waals surface area contributed by atoms with Crippen LogP contribution in [0.2, 0.25) is 0 Å². The molecule has 0 bridgehead atoms. The van der Waals surface area contributed by atoms with Gasteiger partial charge in [0, 0.05) is 5.92 Å². The van der Waals surface area contributed by atoms with Gasteiger partial charge in [-0.15, -0.1) is 0 Å². The highest BCUT2D eigenvalue weighted by molar-refractivity contribution is 7.99. The van der Waals surface area contributed by atoms with Gasteiger partial charge in [-0.25, -0.2) is 14.3 Å². The van der Waals surface area contributed by atoms with Crippen LogP contribution in [0.15, 0.2) is 6.20 Å². The van der Waals surface area contributed by atoms with Gasteiger partial charge in [0.2, 0.25) is 0 Å². The van der Waals surface area contributed by atoms with E-state index in [1.165, 1.54) is 4.57 Å². The normalized spacial score (nSPS) is 17.2. The number of carbonyl (C=O) groups excluding carboxylic acids is 1. The van der Waals surface area contributed by atoms with Crippen molar-refractivity contribution < 1.29 is 14.6 Å². The van der Waals surface area contributed by atoms with E-state index in [0.717, 1.165) is 30.2 Å². The highest BCUT2D eigenvalue weighted by atomic mass is 32.2. The fourth-order valence-corrected chi connectivity index (χ4v) is 3.38. The van der Waals surface area contributed by atoms with Crippen molar-refractivity contribution in [1.29, 1.82) is 0 Å². The molecule has 5 nitrogen and oxygen atoms in total. The molecule has 112 valence electrons. The molecule has 0 spiro atoms. The lowest BCUT2D eigenvalue weighted by Gasteiger charge is -2.24. The lowest BCUT2D eigenvalue weighted by molar-refractivity contribution is 0.0517. The van der Waals surface area contributed by atoms with E-state index in [1.54, 1.807) is 6.20 Å². The predicted molar refractivity (Wildman–Crippen MR) is 79.1 cm³/mol. The molecule has 1 fully saturated rings. The number of aliphatic hydroxyl groups is 1. The number of nitrogens with zero attached hydrogens (tertiary/aromatic N) is 2. The van der Waals surface area contributed by atoms with Gasteiger partial charge in [-0.3, -0.25) is 0 Å². The standard InChI is InChI=1S/C14H22N2O3S/c1-14(2,3)19-13(18)16-11(9-17)8-15-12(16)10-4-6-20-7-5-10/h8,10,17H,4-7,9H2,1-3H3. The highest BCUT2D eigenvalue weighted by Gasteiger charge is 2.27. The lowest BCUT2D eigenvalue weighted by atomic mass is 10.0. The van der Waals surface area contributed by atoms with Gasteiger partial charge in [-0.05, 0) is 45.1 Å². The molecule has 1 aliphatic rings. The van der Waals surface area contributed by atoms with Gasteiger partial charge in [-0.2, -0.15) is 11.8 Å². The van der Waals surface area contributed by atoms with E-state index in [9.17, 15) is 9.90 Å². The van der Waals surface area contributed by atoms with Crippen LogP contribution in [-0.2, 0) is 11.3 Å². The molecule has 20 heavy (non-hydrogen) atoms. The Morgan fingerprint density at radius 3 is 2.70 bits per heavy atom. The number of thioether (sulfide) groups is 1.